The lowest BCUT2D eigenvalue weighted by molar-refractivity contribution is -0.168. The zero-order chi connectivity index (χ0) is 15.5. The maximum Gasteiger partial charge on any atom is 0.313 e. The summed E-state index contributed by atoms with van der Waals surface area (Å²) < 4.78 is 5.66. The zero-order valence-electron chi connectivity index (χ0n) is 13.0. The van der Waals surface area contributed by atoms with Crippen LogP contribution >= 0.6 is 0 Å². The average Bonchev–Trinajstić information content (AvgIpc) is 2.51. The number of esters is 1. The molecule has 1 fully saturated rings. The number of hydrogen-bond donors (Lipinski definition) is 0. The third-order valence-corrected chi connectivity index (χ3v) is 5.05. The Morgan fingerprint density at radius 1 is 1.19 bits per heavy atom. The fourth-order valence-corrected chi connectivity index (χ4v) is 3.08. The molecule has 1 saturated carbocycles. The summed E-state index contributed by atoms with van der Waals surface area (Å²) in [5, 5.41) is 0. The fourth-order valence-electron chi connectivity index (χ4n) is 3.08. The number of ether oxygens (including phenoxy) is 1. The normalized spacial score (nSPS) is 30.4. The second kappa shape index (κ2) is 6.00. The number of benzene rings is 1. The Labute approximate surface area is 126 Å². The Bertz CT molecular complexity index is 510. The number of carbonyl (C=O) groups is 1. The van der Waals surface area contributed by atoms with Crippen molar-refractivity contribution in [2.75, 3.05) is 0 Å². The molecule has 1 radical (unpaired) electrons. The molecule has 0 bridgehead atoms. The Hall–Kier alpha value is -1.64. The van der Waals surface area contributed by atoms with Gasteiger partial charge in [-0.05, 0) is 32.3 Å². The molecule has 113 valence electrons. The van der Waals surface area contributed by atoms with E-state index in [0.717, 1.165) is 18.4 Å². The minimum absolute atomic E-state index is 0.288. The van der Waals surface area contributed by atoms with E-state index in [2.05, 4.69) is 6.29 Å². The molecule has 0 heterocycles. The largest absolute Gasteiger partial charge is 0.457 e. The molecule has 3 atom stereocenters. The molecule has 0 aliphatic heterocycles. The number of hydrogen-bond acceptors (Lipinski definition) is 3. The molecule has 1 aromatic carbocycles. The van der Waals surface area contributed by atoms with Crippen molar-refractivity contribution in [1.82, 2.24) is 0 Å². The van der Waals surface area contributed by atoms with E-state index in [4.69, 9.17) is 4.74 Å². The first-order valence-electron chi connectivity index (χ1n) is 7.58. The molecule has 1 aliphatic carbocycles. The molecule has 0 amide bonds. The van der Waals surface area contributed by atoms with Crippen molar-refractivity contribution in [2.24, 2.45) is 10.8 Å². The summed E-state index contributed by atoms with van der Waals surface area (Å²) in [5.41, 5.74) is -0.573. The van der Waals surface area contributed by atoms with Gasteiger partial charge in [0.05, 0.1) is 5.41 Å². The van der Waals surface area contributed by atoms with Crippen LogP contribution in [0.4, 0.5) is 0 Å². The van der Waals surface area contributed by atoms with Crippen molar-refractivity contribution < 1.29 is 14.3 Å². The van der Waals surface area contributed by atoms with Crippen molar-refractivity contribution in [3.63, 3.8) is 0 Å². The Morgan fingerprint density at radius 2 is 1.81 bits per heavy atom. The maximum atomic E-state index is 12.7. The highest BCUT2D eigenvalue weighted by molar-refractivity contribution is 5.83. The first-order chi connectivity index (χ1) is 9.93. The summed E-state index contributed by atoms with van der Waals surface area (Å²) in [6, 6.07) is 9.65. The van der Waals surface area contributed by atoms with Gasteiger partial charge in [-0.2, -0.15) is 0 Å². The molecular weight excluding hydrogens is 264 g/mol. The van der Waals surface area contributed by atoms with E-state index in [1.54, 1.807) is 0 Å². The van der Waals surface area contributed by atoms with Crippen LogP contribution in [0.15, 0.2) is 30.3 Å². The van der Waals surface area contributed by atoms with E-state index in [1.165, 1.54) is 0 Å². The number of rotatable bonds is 4. The molecule has 3 nitrogen and oxygen atoms in total. The highest BCUT2D eigenvalue weighted by Crippen LogP contribution is 2.50. The van der Waals surface area contributed by atoms with Crippen LogP contribution in [0.1, 0.15) is 58.1 Å². The van der Waals surface area contributed by atoms with E-state index in [0.29, 0.717) is 12.8 Å². The van der Waals surface area contributed by atoms with Gasteiger partial charge >= 0.3 is 5.97 Å². The Balaban J connectivity index is 2.16. The summed E-state index contributed by atoms with van der Waals surface area (Å²) in [5.74, 6) is -0.288. The highest BCUT2D eigenvalue weighted by Gasteiger charge is 2.53. The standard InChI is InChI=1S/C18H23O3/c1-14(15-9-5-4-6-10-15)21-16(20)18(3)12-8-7-11-17(18,2)13-19/h4-6,9-10,14H,7-8,11-12H2,1-3H3. The van der Waals surface area contributed by atoms with Gasteiger partial charge in [-0.15, -0.1) is 0 Å². The first-order valence-corrected chi connectivity index (χ1v) is 7.58. The van der Waals surface area contributed by atoms with Gasteiger partial charge in [0.15, 0.2) is 0 Å². The predicted molar refractivity (Wildman–Crippen MR) is 81.3 cm³/mol. The first kappa shape index (κ1) is 15.7. The summed E-state index contributed by atoms with van der Waals surface area (Å²) in [6.45, 7) is 5.53. The van der Waals surface area contributed by atoms with Gasteiger partial charge in [-0.1, -0.05) is 50.1 Å². The zero-order valence-corrected chi connectivity index (χ0v) is 13.0. The summed E-state index contributed by atoms with van der Waals surface area (Å²) in [7, 11) is 0. The van der Waals surface area contributed by atoms with Crippen LogP contribution in [0.2, 0.25) is 0 Å². The minimum Gasteiger partial charge on any atom is -0.457 e. The van der Waals surface area contributed by atoms with Gasteiger partial charge in [0.1, 0.15) is 6.10 Å². The van der Waals surface area contributed by atoms with Gasteiger partial charge in [-0.25, -0.2) is 0 Å². The lowest BCUT2D eigenvalue weighted by Gasteiger charge is -2.44. The van der Waals surface area contributed by atoms with E-state index >= 15 is 0 Å². The van der Waals surface area contributed by atoms with Crippen LogP contribution in [0, 0.1) is 10.8 Å². The van der Waals surface area contributed by atoms with E-state index < -0.39 is 10.8 Å². The highest BCUT2D eigenvalue weighted by atomic mass is 16.5. The van der Waals surface area contributed by atoms with Crippen molar-refractivity contribution in [3.05, 3.63) is 35.9 Å². The van der Waals surface area contributed by atoms with Gasteiger partial charge in [-0.3, -0.25) is 9.59 Å². The fraction of sp³-hybridized carbons (Fsp3) is 0.556. The maximum absolute atomic E-state index is 12.7. The van der Waals surface area contributed by atoms with Gasteiger partial charge in [0.2, 0.25) is 6.29 Å². The molecule has 1 aliphatic rings. The van der Waals surface area contributed by atoms with Crippen LogP contribution in [0.3, 0.4) is 0 Å². The molecule has 21 heavy (non-hydrogen) atoms. The van der Waals surface area contributed by atoms with E-state index in [1.807, 2.05) is 51.1 Å². The SMILES string of the molecule is CC(OC(=O)C1(C)CCCCC1(C)[C]=O)c1ccccc1. The average molecular weight is 287 g/mol. The molecule has 2 rings (SSSR count). The van der Waals surface area contributed by atoms with Crippen LogP contribution in [-0.2, 0) is 14.3 Å². The third-order valence-electron chi connectivity index (χ3n) is 5.05. The van der Waals surface area contributed by atoms with Crippen molar-refractivity contribution in [1.29, 1.82) is 0 Å². The molecular formula is C18H23O3. The van der Waals surface area contributed by atoms with Crippen LogP contribution in [0.25, 0.3) is 0 Å². The van der Waals surface area contributed by atoms with Gasteiger partial charge in [0, 0.05) is 5.41 Å². The second-order valence-electron chi connectivity index (χ2n) is 6.43. The molecule has 3 heteroatoms. The quantitative estimate of drug-likeness (QED) is 0.786. The summed E-state index contributed by atoms with van der Waals surface area (Å²) >= 11 is 0. The van der Waals surface area contributed by atoms with Crippen molar-refractivity contribution in [2.45, 2.75) is 52.6 Å². The molecule has 1 aromatic rings. The van der Waals surface area contributed by atoms with E-state index in [9.17, 15) is 9.59 Å². The topological polar surface area (TPSA) is 43.4 Å². The van der Waals surface area contributed by atoms with Crippen LogP contribution < -0.4 is 0 Å². The van der Waals surface area contributed by atoms with Crippen LogP contribution in [0.5, 0.6) is 0 Å². The molecule has 0 N–H and O–H groups in total. The third kappa shape index (κ3) is 2.87. The lowest BCUT2D eigenvalue weighted by atomic mass is 9.58. The predicted octanol–water partition coefficient (Wildman–Crippen LogP) is 3.99. The summed E-state index contributed by atoms with van der Waals surface area (Å²) in [4.78, 5) is 24.1. The minimum atomic E-state index is -0.782. The smallest absolute Gasteiger partial charge is 0.313 e. The van der Waals surface area contributed by atoms with Crippen molar-refractivity contribution in [3.8, 4) is 0 Å². The van der Waals surface area contributed by atoms with Crippen molar-refractivity contribution >= 4 is 12.3 Å². The number of carbonyl (C=O) groups excluding carboxylic acids is 2. The van der Waals surface area contributed by atoms with Gasteiger partial charge in [0.25, 0.3) is 0 Å². The monoisotopic (exact) mass is 287 g/mol. The van der Waals surface area contributed by atoms with Gasteiger partial charge < -0.3 is 4.74 Å². The Morgan fingerprint density at radius 3 is 2.43 bits per heavy atom. The lowest BCUT2D eigenvalue weighted by Crippen LogP contribution is -2.48. The van der Waals surface area contributed by atoms with E-state index in [-0.39, 0.29) is 12.1 Å². The second-order valence-corrected chi connectivity index (χ2v) is 6.43. The molecule has 3 unspecified atom stereocenters. The summed E-state index contributed by atoms with van der Waals surface area (Å²) in [6.07, 6.45) is 5.09. The van der Waals surface area contributed by atoms with Crippen LogP contribution in [-0.4, -0.2) is 12.3 Å². The molecule has 0 spiro atoms. The molecule has 0 saturated heterocycles. The Kier molecular flexibility index (Phi) is 4.50. The molecule has 0 aromatic heterocycles.